The van der Waals surface area contributed by atoms with Crippen LogP contribution in [0.2, 0.25) is 0 Å². The molecule has 4 heteroatoms. The van der Waals surface area contributed by atoms with Crippen molar-refractivity contribution in [3.8, 4) is 0 Å². The Morgan fingerprint density at radius 3 is 2.85 bits per heavy atom. The van der Waals surface area contributed by atoms with Gasteiger partial charge in [0, 0.05) is 12.0 Å². The summed E-state index contributed by atoms with van der Waals surface area (Å²) in [7, 11) is -0.238. The molecule has 1 heterocycles. The number of allylic oxidation sites excluding steroid dienone is 1. The molecule has 0 amide bonds. The monoisotopic (exact) mass is 202 g/mol. The summed E-state index contributed by atoms with van der Waals surface area (Å²) in [5, 5.41) is 0. The summed E-state index contributed by atoms with van der Waals surface area (Å²) in [5.74, 6) is 2.36. The van der Waals surface area contributed by atoms with Crippen molar-refractivity contribution < 1.29 is 9.31 Å². The van der Waals surface area contributed by atoms with Gasteiger partial charge >= 0.3 is 7.12 Å². The highest BCUT2D eigenvalue weighted by Crippen LogP contribution is 2.25. The minimum Gasteiger partial charge on any atom is -0.405 e. The third-order valence-electron chi connectivity index (χ3n) is 1.96. The molecule has 2 nitrogen and oxygen atoms in total. The van der Waals surface area contributed by atoms with E-state index in [4.69, 9.17) is 20.9 Å². The lowest BCUT2D eigenvalue weighted by Gasteiger charge is -2.37. The van der Waals surface area contributed by atoms with E-state index in [-0.39, 0.29) is 18.8 Å². The Labute approximate surface area is 85.4 Å². The number of halogens is 1. The topological polar surface area (TPSA) is 18.5 Å². The van der Waals surface area contributed by atoms with Crippen molar-refractivity contribution in [3.63, 3.8) is 0 Å². The second-order valence-electron chi connectivity index (χ2n) is 3.98. The minimum absolute atomic E-state index is 0.0982. The van der Waals surface area contributed by atoms with Crippen LogP contribution in [-0.2, 0) is 9.31 Å². The normalized spacial score (nSPS) is 28.3. The van der Waals surface area contributed by atoms with Gasteiger partial charge in [-0.05, 0) is 27.2 Å². The highest BCUT2D eigenvalue weighted by molar-refractivity contribution is 6.51. The molecule has 1 aliphatic rings. The fourth-order valence-corrected chi connectivity index (χ4v) is 1.71. The molecule has 1 fully saturated rings. The Kier molecular flexibility index (Phi) is 3.83. The van der Waals surface area contributed by atoms with Crippen LogP contribution < -0.4 is 0 Å². The summed E-state index contributed by atoms with van der Waals surface area (Å²) < 4.78 is 11.2. The molecule has 0 spiro atoms. The van der Waals surface area contributed by atoms with Gasteiger partial charge in [-0.2, -0.15) is 0 Å². The number of hydrogen-bond acceptors (Lipinski definition) is 2. The van der Waals surface area contributed by atoms with E-state index in [1.54, 1.807) is 0 Å². The van der Waals surface area contributed by atoms with Crippen LogP contribution in [0.5, 0.6) is 0 Å². The highest BCUT2D eigenvalue weighted by Gasteiger charge is 2.35. The van der Waals surface area contributed by atoms with E-state index < -0.39 is 0 Å². The molecule has 0 aromatic heterocycles. The summed E-state index contributed by atoms with van der Waals surface area (Å²) in [4.78, 5) is 0. The Balaban J connectivity index is 2.52. The molecular formula is C9H16BClO2. The smallest absolute Gasteiger partial charge is 0.405 e. The summed E-state index contributed by atoms with van der Waals surface area (Å²) in [6, 6.07) is 0. The van der Waals surface area contributed by atoms with Crippen LogP contribution in [0, 0.1) is 0 Å². The van der Waals surface area contributed by atoms with E-state index in [1.807, 2.05) is 12.1 Å². The van der Waals surface area contributed by atoms with Gasteiger partial charge in [-0.25, -0.2) is 0 Å². The van der Waals surface area contributed by atoms with E-state index >= 15 is 0 Å². The lowest BCUT2D eigenvalue weighted by Crippen LogP contribution is -2.45. The van der Waals surface area contributed by atoms with Crippen molar-refractivity contribution in [2.45, 2.75) is 38.9 Å². The second-order valence-corrected chi connectivity index (χ2v) is 4.29. The average molecular weight is 202 g/mol. The fourth-order valence-electron chi connectivity index (χ4n) is 1.61. The second kappa shape index (κ2) is 4.49. The Bertz CT molecular complexity index is 194. The van der Waals surface area contributed by atoms with Crippen molar-refractivity contribution in [2.75, 3.05) is 5.88 Å². The molecule has 0 N–H and O–H groups in total. The standard InChI is InChI=1S/C9H16BClO2/c1-8-7-9(2,3)13-10(12-8)5-4-6-11/h4-5,8H,6-7H2,1-3H3/b5-4+. The van der Waals surface area contributed by atoms with Crippen LogP contribution in [0.15, 0.2) is 12.1 Å². The Morgan fingerprint density at radius 1 is 1.62 bits per heavy atom. The summed E-state index contributed by atoms with van der Waals surface area (Å²) in [6.07, 6.45) is 3.02. The number of alkyl halides is 1. The van der Waals surface area contributed by atoms with Crippen molar-refractivity contribution in [2.24, 2.45) is 0 Å². The molecule has 0 aliphatic carbocycles. The van der Waals surface area contributed by atoms with Crippen LogP contribution in [0.4, 0.5) is 0 Å². The molecule has 0 bridgehead atoms. The van der Waals surface area contributed by atoms with Crippen molar-refractivity contribution in [1.82, 2.24) is 0 Å². The fraction of sp³-hybridized carbons (Fsp3) is 0.778. The van der Waals surface area contributed by atoms with Gasteiger partial charge in [-0.1, -0.05) is 12.1 Å². The van der Waals surface area contributed by atoms with Crippen LogP contribution in [0.3, 0.4) is 0 Å². The van der Waals surface area contributed by atoms with E-state index in [2.05, 4.69) is 20.8 Å². The summed E-state index contributed by atoms with van der Waals surface area (Å²) in [5.41, 5.74) is -0.0982. The predicted molar refractivity (Wildman–Crippen MR) is 55.9 cm³/mol. The third-order valence-corrected chi connectivity index (χ3v) is 2.14. The third kappa shape index (κ3) is 3.71. The van der Waals surface area contributed by atoms with Gasteiger partial charge in [0.2, 0.25) is 0 Å². The molecule has 1 aliphatic heterocycles. The first kappa shape index (κ1) is 11.1. The molecule has 1 atom stereocenters. The van der Waals surface area contributed by atoms with E-state index in [0.29, 0.717) is 5.88 Å². The zero-order chi connectivity index (χ0) is 9.90. The Morgan fingerprint density at radius 2 is 2.31 bits per heavy atom. The first-order valence-corrected chi connectivity index (χ1v) is 5.13. The molecule has 1 rings (SSSR count). The van der Waals surface area contributed by atoms with Gasteiger partial charge in [-0.3, -0.25) is 0 Å². The zero-order valence-corrected chi connectivity index (χ0v) is 9.17. The first-order chi connectivity index (χ1) is 6.03. The number of rotatable bonds is 2. The maximum absolute atomic E-state index is 5.68. The van der Waals surface area contributed by atoms with E-state index in [0.717, 1.165) is 6.42 Å². The van der Waals surface area contributed by atoms with Crippen LogP contribution in [0.25, 0.3) is 0 Å². The molecule has 74 valence electrons. The maximum Gasteiger partial charge on any atom is 0.486 e. The molecule has 0 radical (unpaired) electrons. The van der Waals surface area contributed by atoms with Gasteiger partial charge in [-0.15, -0.1) is 11.6 Å². The molecule has 1 saturated heterocycles. The first-order valence-electron chi connectivity index (χ1n) is 4.59. The van der Waals surface area contributed by atoms with Crippen molar-refractivity contribution >= 4 is 18.7 Å². The molecule has 13 heavy (non-hydrogen) atoms. The van der Waals surface area contributed by atoms with Crippen LogP contribution in [-0.4, -0.2) is 24.7 Å². The van der Waals surface area contributed by atoms with Gasteiger partial charge in [0.15, 0.2) is 0 Å². The maximum atomic E-state index is 5.68. The van der Waals surface area contributed by atoms with E-state index in [1.165, 1.54) is 0 Å². The minimum atomic E-state index is -0.238. The zero-order valence-electron chi connectivity index (χ0n) is 8.42. The van der Waals surface area contributed by atoms with Gasteiger partial charge in [0.1, 0.15) is 0 Å². The van der Waals surface area contributed by atoms with Crippen LogP contribution in [0.1, 0.15) is 27.2 Å². The highest BCUT2D eigenvalue weighted by atomic mass is 35.5. The number of hydrogen-bond donors (Lipinski definition) is 0. The molecular weight excluding hydrogens is 186 g/mol. The van der Waals surface area contributed by atoms with Crippen LogP contribution >= 0.6 is 11.6 Å². The molecule has 1 unspecified atom stereocenters. The predicted octanol–water partition coefficient (Wildman–Crippen LogP) is 2.41. The van der Waals surface area contributed by atoms with Gasteiger partial charge < -0.3 is 9.31 Å². The molecule has 0 aromatic carbocycles. The lowest BCUT2D eigenvalue weighted by atomic mass is 9.83. The van der Waals surface area contributed by atoms with Gasteiger partial charge in [0.25, 0.3) is 0 Å². The molecule has 0 aromatic rings. The van der Waals surface area contributed by atoms with E-state index in [9.17, 15) is 0 Å². The average Bonchev–Trinajstić information content (AvgIpc) is 1.97. The van der Waals surface area contributed by atoms with Crippen molar-refractivity contribution in [1.29, 1.82) is 0 Å². The summed E-state index contributed by atoms with van der Waals surface area (Å²) in [6.45, 7) is 6.22. The Hall–Kier alpha value is 0.0149. The summed E-state index contributed by atoms with van der Waals surface area (Å²) >= 11 is 5.53. The quantitative estimate of drug-likeness (QED) is 0.506. The van der Waals surface area contributed by atoms with Gasteiger partial charge in [0.05, 0.1) is 5.60 Å². The van der Waals surface area contributed by atoms with Crippen molar-refractivity contribution in [3.05, 3.63) is 12.1 Å². The lowest BCUT2D eigenvalue weighted by molar-refractivity contribution is -0.0236. The largest absolute Gasteiger partial charge is 0.486 e. The SMILES string of the molecule is CC1CC(C)(C)OB(/C=C/CCl)O1. The molecule has 0 saturated carbocycles.